The highest BCUT2D eigenvalue weighted by Gasteiger charge is 2.31. The van der Waals surface area contributed by atoms with E-state index in [-0.39, 0.29) is 11.9 Å². The quantitative estimate of drug-likeness (QED) is 0.646. The number of rotatable bonds is 3. The maximum Gasteiger partial charge on any atom is 0.417 e. The van der Waals surface area contributed by atoms with Crippen LogP contribution in [0.15, 0.2) is 42.6 Å². The van der Waals surface area contributed by atoms with Gasteiger partial charge in [0.1, 0.15) is 11.5 Å². The van der Waals surface area contributed by atoms with Crippen LogP contribution < -0.4 is 10.2 Å². The second-order valence-electron chi connectivity index (χ2n) is 7.05. The SMILES string of the molecule is O=C(NC1CCN(c2ccc(C(F)(F)F)cn2)CC1)c1cc2cc(Cl)ccc2[nH]1. The van der Waals surface area contributed by atoms with Crippen LogP contribution in [0.2, 0.25) is 5.02 Å². The lowest BCUT2D eigenvalue weighted by Gasteiger charge is -2.33. The van der Waals surface area contributed by atoms with Gasteiger partial charge in [0.2, 0.25) is 0 Å². The van der Waals surface area contributed by atoms with Crippen LogP contribution in [0.1, 0.15) is 28.9 Å². The summed E-state index contributed by atoms with van der Waals surface area (Å²) >= 11 is 5.98. The molecule has 0 saturated carbocycles. The number of amides is 1. The fourth-order valence-electron chi connectivity index (χ4n) is 3.48. The molecule has 2 aromatic heterocycles. The van der Waals surface area contributed by atoms with Crippen molar-refractivity contribution in [3.05, 3.63) is 58.9 Å². The van der Waals surface area contributed by atoms with E-state index in [1.165, 1.54) is 6.07 Å². The van der Waals surface area contributed by atoms with E-state index < -0.39 is 11.7 Å². The molecule has 4 rings (SSSR count). The number of benzene rings is 1. The molecular weight excluding hydrogens is 405 g/mol. The number of carbonyl (C=O) groups is 1. The van der Waals surface area contributed by atoms with Gasteiger partial charge in [0.15, 0.2) is 0 Å². The third-order valence-corrected chi connectivity index (χ3v) is 5.29. The summed E-state index contributed by atoms with van der Waals surface area (Å²) in [6.07, 6.45) is -2.18. The zero-order valence-electron chi connectivity index (χ0n) is 15.3. The van der Waals surface area contributed by atoms with E-state index in [0.717, 1.165) is 23.2 Å². The number of carbonyl (C=O) groups excluding carboxylic acids is 1. The number of nitrogens with one attached hydrogen (secondary N) is 2. The number of fused-ring (bicyclic) bond motifs is 1. The van der Waals surface area contributed by atoms with Gasteiger partial charge in [-0.1, -0.05) is 11.6 Å². The lowest BCUT2D eigenvalue weighted by atomic mass is 10.0. The standard InChI is InChI=1S/C20H18ClF3N4O/c21-14-2-3-16-12(9-14)10-17(27-16)19(29)26-15-5-7-28(8-6-15)18-4-1-13(11-25-18)20(22,23)24/h1-4,9-11,15,27H,5-8H2,(H,26,29). The van der Waals surface area contributed by atoms with Gasteiger partial charge in [0, 0.05) is 41.3 Å². The lowest BCUT2D eigenvalue weighted by molar-refractivity contribution is -0.137. The van der Waals surface area contributed by atoms with Gasteiger partial charge in [-0.25, -0.2) is 4.98 Å². The Bertz CT molecular complexity index is 1020. The van der Waals surface area contributed by atoms with Crippen LogP contribution in [0.5, 0.6) is 0 Å². The Morgan fingerprint density at radius 1 is 1.17 bits per heavy atom. The Balaban J connectivity index is 1.35. The van der Waals surface area contributed by atoms with Crippen molar-refractivity contribution >= 4 is 34.2 Å². The number of hydrogen-bond acceptors (Lipinski definition) is 3. The van der Waals surface area contributed by atoms with Crippen LogP contribution in [-0.4, -0.2) is 35.0 Å². The van der Waals surface area contributed by atoms with Crippen molar-refractivity contribution in [2.45, 2.75) is 25.1 Å². The molecule has 9 heteroatoms. The Hall–Kier alpha value is -2.74. The van der Waals surface area contributed by atoms with Crippen molar-refractivity contribution in [2.75, 3.05) is 18.0 Å². The maximum absolute atomic E-state index is 12.7. The predicted molar refractivity (Wildman–Crippen MR) is 105 cm³/mol. The van der Waals surface area contributed by atoms with E-state index in [2.05, 4.69) is 15.3 Å². The summed E-state index contributed by atoms with van der Waals surface area (Å²) in [5.41, 5.74) is 0.542. The van der Waals surface area contributed by atoms with Gasteiger partial charge in [-0.3, -0.25) is 4.79 Å². The minimum absolute atomic E-state index is 0.0109. The van der Waals surface area contributed by atoms with Crippen LogP contribution in [0.25, 0.3) is 10.9 Å². The number of pyridine rings is 1. The minimum atomic E-state index is -4.39. The summed E-state index contributed by atoms with van der Waals surface area (Å²) in [7, 11) is 0. The van der Waals surface area contributed by atoms with Crippen molar-refractivity contribution < 1.29 is 18.0 Å². The number of alkyl halides is 3. The first-order valence-corrected chi connectivity index (χ1v) is 9.55. The van der Waals surface area contributed by atoms with Crippen molar-refractivity contribution in [1.82, 2.24) is 15.3 Å². The van der Waals surface area contributed by atoms with Crippen molar-refractivity contribution in [3.8, 4) is 0 Å². The fourth-order valence-corrected chi connectivity index (χ4v) is 3.66. The first-order chi connectivity index (χ1) is 13.8. The summed E-state index contributed by atoms with van der Waals surface area (Å²) in [6, 6.07) is 9.55. The topological polar surface area (TPSA) is 61.0 Å². The maximum atomic E-state index is 12.7. The number of aromatic amines is 1. The molecule has 1 aromatic carbocycles. The molecule has 152 valence electrons. The van der Waals surface area contributed by atoms with Crippen molar-refractivity contribution in [2.24, 2.45) is 0 Å². The Labute approximate surface area is 169 Å². The van der Waals surface area contributed by atoms with E-state index >= 15 is 0 Å². The molecule has 1 amide bonds. The molecule has 3 heterocycles. The molecule has 1 aliphatic rings. The van der Waals surface area contributed by atoms with Crippen molar-refractivity contribution in [3.63, 3.8) is 0 Å². The molecule has 0 spiro atoms. The average molecular weight is 423 g/mol. The van der Waals surface area contributed by atoms with Gasteiger partial charge in [-0.05, 0) is 49.2 Å². The third-order valence-electron chi connectivity index (χ3n) is 5.06. The second-order valence-corrected chi connectivity index (χ2v) is 7.49. The molecule has 1 aliphatic heterocycles. The fraction of sp³-hybridized carbons (Fsp3) is 0.300. The number of aromatic nitrogens is 2. The highest BCUT2D eigenvalue weighted by atomic mass is 35.5. The highest BCUT2D eigenvalue weighted by Crippen LogP contribution is 2.30. The molecule has 2 N–H and O–H groups in total. The molecule has 1 saturated heterocycles. The Morgan fingerprint density at radius 3 is 2.59 bits per heavy atom. The van der Waals surface area contributed by atoms with E-state index in [1.54, 1.807) is 18.2 Å². The number of halogens is 4. The van der Waals surface area contributed by atoms with Crippen LogP contribution in [0, 0.1) is 0 Å². The summed E-state index contributed by atoms with van der Waals surface area (Å²) in [5.74, 6) is 0.318. The largest absolute Gasteiger partial charge is 0.417 e. The summed E-state index contributed by atoms with van der Waals surface area (Å²) < 4.78 is 38.0. The van der Waals surface area contributed by atoms with Crippen molar-refractivity contribution in [1.29, 1.82) is 0 Å². The zero-order valence-corrected chi connectivity index (χ0v) is 16.0. The number of piperidine rings is 1. The molecule has 0 bridgehead atoms. The van der Waals surface area contributed by atoms with Gasteiger partial charge in [0.05, 0.1) is 5.56 Å². The second kappa shape index (κ2) is 7.59. The van der Waals surface area contributed by atoms with Gasteiger partial charge in [0.25, 0.3) is 5.91 Å². The summed E-state index contributed by atoms with van der Waals surface area (Å²) in [5, 5.41) is 4.48. The van der Waals surface area contributed by atoms with Crippen LogP contribution in [0.3, 0.4) is 0 Å². The first kappa shape index (κ1) is 19.6. The van der Waals surface area contributed by atoms with E-state index in [1.807, 2.05) is 11.0 Å². The van der Waals surface area contributed by atoms with Gasteiger partial charge in [-0.2, -0.15) is 13.2 Å². The molecule has 1 fully saturated rings. The molecule has 0 unspecified atom stereocenters. The first-order valence-electron chi connectivity index (χ1n) is 9.17. The summed E-state index contributed by atoms with van der Waals surface area (Å²) in [4.78, 5) is 21.5. The number of hydrogen-bond donors (Lipinski definition) is 2. The predicted octanol–water partition coefficient (Wildman–Crippen LogP) is 4.63. The van der Waals surface area contributed by atoms with Crippen LogP contribution in [0.4, 0.5) is 19.0 Å². The smallest absolute Gasteiger partial charge is 0.356 e. The molecule has 0 atom stereocenters. The van der Waals surface area contributed by atoms with E-state index in [9.17, 15) is 18.0 Å². The molecule has 29 heavy (non-hydrogen) atoms. The normalized spacial score (nSPS) is 15.7. The lowest BCUT2D eigenvalue weighted by Crippen LogP contribution is -2.45. The molecule has 0 aliphatic carbocycles. The van der Waals surface area contributed by atoms with Gasteiger partial charge < -0.3 is 15.2 Å². The monoisotopic (exact) mass is 422 g/mol. The number of H-pyrrole nitrogens is 1. The van der Waals surface area contributed by atoms with Gasteiger partial charge in [-0.15, -0.1) is 0 Å². The highest BCUT2D eigenvalue weighted by molar-refractivity contribution is 6.31. The molecule has 3 aromatic rings. The summed E-state index contributed by atoms with van der Waals surface area (Å²) in [6.45, 7) is 1.21. The zero-order chi connectivity index (χ0) is 20.6. The van der Waals surface area contributed by atoms with E-state index in [4.69, 9.17) is 11.6 Å². The van der Waals surface area contributed by atoms with Crippen LogP contribution >= 0.6 is 11.6 Å². The Kier molecular flexibility index (Phi) is 5.12. The molecular formula is C20H18ClF3N4O. The Morgan fingerprint density at radius 2 is 1.93 bits per heavy atom. The van der Waals surface area contributed by atoms with Gasteiger partial charge >= 0.3 is 6.18 Å². The average Bonchev–Trinajstić information content (AvgIpc) is 3.11. The molecule has 0 radical (unpaired) electrons. The van der Waals surface area contributed by atoms with E-state index in [0.29, 0.717) is 42.5 Å². The molecule has 5 nitrogen and oxygen atoms in total. The number of anilines is 1. The van der Waals surface area contributed by atoms with Crippen LogP contribution in [-0.2, 0) is 6.18 Å². The number of nitrogens with zero attached hydrogens (tertiary/aromatic N) is 2. The minimum Gasteiger partial charge on any atom is -0.356 e. The third kappa shape index (κ3) is 4.32.